The second-order valence-corrected chi connectivity index (χ2v) is 4.09. The molecule has 0 saturated heterocycles. The predicted octanol–water partition coefficient (Wildman–Crippen LogP) is 3.19. The second-order valence-electron chi connectivity index (χ2n) is 4.09. The minimum absolute atomic E-state index is 0.499. The summed E-state index contributed by atoms with van der Waals surface area (Å²) >= 11 is 0. The Hall–Kier alpha value is -1.28. The number of hydrogen-bond donors (Lipinski definition) is 1. The van der Waals surface area contributed by atoms with Gasteiger partial charge in [-0.05, 0) is 18.6 Å². The lowest BCUT2D eigenvalue weighted by Crippen LogP contribution is -2.21. The number of ether oxygens (including phenoxy) is 1. The van der Waals surface area contributed by atoms with Crippen LogP contribution in [0.1, 0.15) is 31.9 Å². The van der Waals surface area contributed by atoms with Crippen molar-refractivity contribution < 1.29 is 4.74 Å². The van der Waals surface area contributed by atoms with Gasteiger partial charge in [-0.2, -0.15) is 0 Å². The molecule has 0 aliphatic heterocycles. The van der Waals surface area contributed by atoms with Crippen LogP contribution in [-0.2, 0) is 11.3 Å². The van der Waals surface area contributed by atoms with Gasteiger partial charge < -0.3 is 10.1 Å². The van der Waals surface area contributed by atoms with Crippen LogP contribution in [0.5, 0.6) is 0 Å². The summed E-state index contributed by atoms with van der Waals surface area (Å²) in [5.41, 5.74) is 2.32. The lowest BCUT2D eigenvalue weighted by atomic mass is 10.1. The smallest absolute Gasteiger partial charge is 0.119 e. The lowest BCUT2D eigenvalue weighted by molar-refractivity contribution is 0.299. The molecule has 1 rings (SSSR count). The van der Waals surface area contributed by atoms with Crippen LogP contribution >= 0.6 is 0 Å². The second kappa shape index (κ2) is 6.33. The first-order chi connectivity index (χ1) is 7.63. The van der Waals surface area contributed by atoms with Gasteiger partial charge in [0.25, 0.3) is 0 Å². The van der Waals surface area contributed by atoms with Gasteiger partial charge in [-0.1, -0.05) is 38.6 Å². The van der Waals surface area contributed by atoms with Crippen LogP contribution in [0.25, 0.3) is 5.76 Å². The Bertz CT molecular complexity index is 344. The van der Waals surface area contributed by atoms with E-state index in [2.05, 4.69) is 37.9 Å². The van der Waals surface area contributed by atoms with Gasteiger partial charge >= 0.3 is 0 Å². The summed E-state index contributed by atoms with van der Waals surface area (Å²) in [7, 11) is 0. The highest BCUT2D eigenvalue weighted by Gasteiger charge is 2.01. The van der Waals surface area contributed by atoms with Crippen LogP contribution in [0.2, 0.25) is 0 Å². The van der Waals surface area contributed by atoms with E-state index >= 15 is 0 Å². The maximum absolute atomic E-state index is 5.39. The third-order valence-electron chi connectivity index (χ3n) is 2.28. The molecule has 1 aromatic carbocycles. The van der Waals surface area contributed by atoms with Crippen molar-refractivity contribution in [3.05, 3.63) is 42.0 Å². The van der Waals surface area contributed by atoms with Gasteiger partial charge in [0.05, 0.1) is 6.61 Å². The summed E-state index contributed by atoms with van der Waals surface area (Å²) in [5, 5.41) is 3.39. The van der Waals surface area contributed by atoms with Crippen molar-refractivity contribution in [2.75, 3.05) is 6.61 Å². The van der Waals surface area contributed by atoms with Gasteiger partial charge in [0.15, 0.2) is 0 Å². The zero-order valence-corrected chi connectivity index (χ0v) is 10.4. The number of rotatable bonds is 6. The zero-order chi connectivity index (χ0) is 12.0. The van der Waals surface area contributed by atoms with E-state index in [9.17, 15) is 0 Å². The monoisotopic (exact) mass is 219 g/mol. The third kappa shape index (κ3) is 4.07. The van der Waals surface area contributed by atoms with Crippen molar-refractivity contribution in [1.29, 1.82) is 0 Å². The molecular formula is C14H21NO. The van der Waals surface area contributed by atoms with E-state index in [4.69, 9.17) is 4.74 Å². The van der Waals surface area contributed by atoms with E-state index in [1.165, 1.54) is 5.56 Å². The molecule has 88 valence electrons. The van der Waals surface area contributed by atoms with E-state index in [-0.39, 0.29) is 0 Å². The van der Waals surface area contributed by atoms with Gasteiger partial charge in [-0.3, -0.25) is 0 Å². The molecule has 0 amide bonds. The summed E-state index contributed by atoms with van der Waals surface area (Å²) in [6, 6.07) is 8.79. The Kier molecular flexibility index (Phi) is 5.06. The predicted molar refractivity (Wildman–Crippen MR) is 69.1 cm³/mol. The maximum Gasteiger partial charge on any atom is 0.119 e. The normalized spacial score (nSPS) is 10.5. The van der Waals surface area contributed by atoms with Crippen LogP contribution in [0.4, 0.5) is 0 Å². The van der Waals surface area contributed by atoms with E-state index in [0.29, 0.717) is 12.6 Å². The minimum Gasteiger partial charge on any atom is -0.494 e. The number of nitrogens with one attached hydrogen (secondary N) is 1. The Morgan fingerprint density at radius 2 is 2.19 bits per heavy atom. The first-order valence-electron chi connectivity index (χ1n) is 5.78. The largest absolute Gasteiger partial charge is 0.494 e. The molecule has 0 spiro atoms. The first-order valence-corrected chi connectivity index (χ1v) is 5.78. The quantitative estimate of drug-likeness (QED) is 0.742. The van der Waals surface area contributed by atoms with E-state index in [1.54, 1.807) is 0 Å². The average Bonchev–Trinajstić information content (AvgIpc) is 2.27. The standard InChI is InChI=1S/C14H21NO/c1-5-16-12(4)14-8-6-7-13(9-14)10-15-11(2)3/h6-9,11,15H,4-5,10H2,1-3H3. The fourth-order valence-electron chi connectivity index (χ4n) is 1.43. The van der Waals surface area contributed by atoms with Crippen molar-refractivity contribution in [1.82, 2.24) is 5.32 Å². The van der Waals surface area contributed by atoms with Gasteiger partial charge in [0.1, 0.15) is 5.76 Å². The fraction of sp³-hybridized carbons (Fsp3) is 0.429. The topological polar surface area (TPSA) is 21.3 Å². The molecule has 2 heteroatoms. The van der Waals surface area contributed by atoms with Gasteiger partial charge in [0, 0.05) is 18.2 Å². The molecule has 0 aliphatic carbocycles. The molecule has 0 radical (unpaired) electrons. The average molecular weight is 219 g/mol. The maximum atomic E-state index is 5.39. The molecule has 0 atom stereocenters. The van der Waals surface area contributed by atoms with Crippen molar-refractivity contribution in [2.45, 2.75) is 33.4 Å². The van der Waals surface area contributed by atoms with Crippen LogP contribution in [-0.4, -0.2) is 12.6 Å². The molecule has 0 fully saturated rings. The highest BCUT2D eigenvalue weighted by atomic mass is 16.5. The molecule has 0 heterocycles. The fourth-order valence-corrected chi connectivity index (χ4v) is 1.43. The van der Waals surface area contributed by atoms with Crippen molar-refractivity contribution in [3.8, 4) is 0 Å². The van der Waals surface area contributed by atoms with E-state index in [1.807, 2.05) is 19.1 Å². The van der Waals surface area contributed by atoms with Gasteiger partial charge in [0.2, 0.25) is 0 Å². The van der Waals surface area contributed by atoms with Crippen molar-refractivity contribution in [3.63, 3.8) is 0 Å². The Labute approximate surface area is 98.3 Å². The van der Waals surface area contributed by atoms with Crippen LogP contribution in [0.15, 0.2) is 30.8 Å². The summed E-state index contributed by atoms with van der Waals surface area (Å²) < 4.78 is 5.39. The number of benzene rings is 1. The zero-order valence-electron chi connectivity index (χ0n) is 10.4. The molecule has 1 N–H and O–H groups in total. The van der Waals surface area contributed by atoms with E-state index < -0.39 is 0 Å². The molecule has 2 nitrogen and oxygen atoms in total. The molecule has 16 heavy (non-hydrogen) atoms. The number of hydrogen-bond acceptors (Lipinski definition) is 2. The first kappa shape index (κ1) is 12.8. The van der Waals surface area contributed by atoms with Gasteiger partial charge in [-0.15, -0.1) is 0 Å². The highest BCUT2D eigenvalue weighted by molar-refractivity contribution is 5.58. The molecule has 0 aliphatic rings. The third-order valence-corrected chi connectivity index (χ3v) is 2.28. The van der Waals surface area contributed by atoms with Gasteiger partial charge in [-0.25, -0.2) is 0 Å². The van der Waals surface area contributed by atoms with Crippen molar-refractivity contribution in [2.24, 2.45) is 0 Å². The lowest BCUT2D eigenvalue weighted by Gasteiger charge is -2.11. The molecule has 1 aromatic rings. The Morgan fingerprint density at radius 3 is 2.81 bits per heavy atom. The Morgan fingerprint density at radius 1 is 1.44 bits per heavy atom. The van der Waals surface area contributed by atoms with Crippen LogP contribution in [0.3, 0.4) is 0 Å². The summed E-state index contributed by atoms with van der Waals surface area (Å²) in [4.78, 5) is 0. The summed E-state index contributed by atoms with van der Waals surface area (Å²) in [6.07, 6.45) is 0. The molecular weight excluding hydrogens is 198 g/mol. The molecule has 0 unspecified atom stereocenters. The summed E-state index contributed by atoms with van der Waals surface area (Å²) in [5.74, 6) is 0.744. The molecule has 0 aromatic heterocycles. The SMILES string of the molecule is C=C(OCC)c1cccc(CNC(C)C)c1. The minimum atomic E-state index is 0.499. The molecule has 0 bridgehead atoms. The van der Waals surface area contributed by atoms with Crippen LogP contribution in [0, 0.1) is 0 Å². The highest BCUT2D eigenvalue weighted by Crippen LogP contribution is 2.15. The Balaban J connectivity index is 2.67. The molecule has 0 saturated carbocycles. The van der Waals surface area contributed by atoms with Crippen molar-refractivity contribution >= 4 is 5.76 Å². The summed E-state index contributed by atoms with van der Waals surface area (Å²) in [6.45, 7) is 11.7. The van der Waals surface area contributed by atoms with Crippen LogP contribution < -0.4 is 5.32 Å². The van der Waals surface area contributed by atoms with E-state index in [0.717, 1.165) is 17.9 Å².